The number of anilines is 1. The SMILES string of the molecule is Cc1ccc(-c2csc3nc(SCC(=O)Nc4ccccc4[N+](=O)[O-])n(C)c(=O)c23)cc1C. The first kappa shape index (κ1) is 22.7. The molecule has 0 spiro atoms. The Morgan fingerprint density at radius 3 is 2.70 bits per heavy atom. The summed E-state index contributed by atoms with van der Waals surface area (Å²) in [6.45, 7) is 4.08. The van der Waals surface area contributed by atoms with Gasteiger partial charge in [0.1, 0.15) is 10.5 Å². The average molecular weight is 481 g/mol. The highest BCUT2D eigenvalue weighted by atomic mass is 32.2. The van der Waals surface area contributed by atoms with Gasteiger partial charge < -0.3 is 5.32 Å². The third kappa shape index (κ3) is 4.53. The van der Waals surface area contributed by atoms with Gasteiger partial charge in [0.05, 0.1) is 16.1 Å². The molecule has 0 bridgehead atoms. The van der Waals surface area contributed by atoms with Crippen molar-refractivity contribution >= 4 is 50.6 Å². The number of hydrogen-bond acceptors (Lipinski definition) is 7. The summed E-state index contributed by atoms with van der Waals surface area (Å²) in [7, 11) is 1.62. The molecule has 2 heterocycles. The third-order valence-corrected chi connectivity index (χ3v) is 7.20. The second kappa shape index (κ2) is 9.16. The van der Waals surface area contributed by atoms with Crippen molar-refractivity contribution in [2.24, 2.45) is 7.05 Å². The summed E-state index contributed by atoms with van der Waals surface area (Å²) in [5.74, 6) is -0.474. The molecule has 0 aliphatic rings. The highest BCUT2D eigenvalue weighted by Gasteiger charge is 2.18. The summed E-state index contributed by atoms with van der Waals surface area (Å²) in [5.41, 5.74) is 3.90. The van der Waals surface area contributed by atoms with E-state index in [-0.39, 0.29) is 22.7 Å². The van der Waals surface area contributed by atoms with Crippen LogP contribution in [0.5, 0.6) is 0 Å². The number of nitro benzene ring substituents is 1. The zero-order valence-electron chi connectivity index (χ0n) is 18.1. The van der Waals surface area contributed by atoms with Gasteiger partial charge in [-0.05, 0) is 36.6 Å². The lowest BCUT2D eigenvalue weighted by Crippen LogP contribution is -2.21. The number of hydrogen-bond donors (Lipinski definition) is 1. The van der Waals surface area contributed by atoms with Crippen LogP contribution >= 0.6 is 23.1 Å². The molecule has 4 rings (SSSR count). The van der Waals surface area contributed by atoms with Gasteiger partial charge in [0, 0.05) is 24.1 Å². The maximum atomic E-state index is 13.2. The molecule has 0 radical (unpaired) electrons. The van der Waals surface area contributed by atoms with Crippen LogP contribution in [0.15, 0.2) is 57.8 Å². The van der Waals surface area contributed by atoms with E-state index in [1.807, 2.05) is 31.4 Å². The van der Waals surface area contributed by atoms with E-state index in [0.717, 1.165) is 28.5 Å². The van der Waals surface area contributed by atoms with E-state index >= 15 is 0 Å². The molecule has 0 atom stereocenters. The van der Waals surface area contributed by atoms with Gasteiger partial charge in [-0.1, -0.05) is 42.1 Å². The summed E-state index contributed by atoms with van der Waals surface area (Å²) >= 11 is 2.49. The zero-order valence-corrected chi connectivity index (χ0v) is 19.8. The van der Waals surface area contributed by atoms with Gasteiger partial charge >= 0.3 is 0 Å². The van der Waals surface area contributed by atoms with E-state index in [0.29, 0.717) is 15.4 Å². The molecular formula is C23H20N4O4S2. The fourth-order valence-electron chi connectivity index (χ4n) is 3.36. The number of carbonyl (C=O) groups excluding carboxylic acids is 1. The maximum Gasteiger partial charge on any atom is 0.292 e. The van der Waals surface area contributed by atoms with Crippen LogP contribution in [-0.2, 0) is 11.8 Å². The number of thioether (sulfide) groups is 1. The van der Waals surface area contributed by atoms with E-state index in [1.54, 1.807) is 13.1 Å². The van der Waals surface area contributed by atoms with E-state index in [4.69, 9.17) is 0 Å². The van der Waals surface area contributed by atoms with Crippen molar-refractivity contribution in [1.82, 2.24) is 9.55 Å². The van der Waals surface area contributed by atoms with Crippen LogP contribution in [0.2, 0.25) is 0 Å². The molecule has 1 N–H and O–H groups in total. The molecule has 0 aliphatic carbocycles. The highest BCUT2D eigenvalue weighted by molar-refractivity contribution is 7.99. The number of carbonyl (C=O) groups is 1. The van der Waals surface area contributed by atoms with Crippen molar-refractivity contribution in [3.05, 3.63) is 79.4 Å². The predicted molar refractivity (Wildman–Crippen MR) is 132 cm³/mol. The molecule has 1 amide bonds. The van der Waals surface area contributed by atoms with Crippen LogP contribution < -0.4 is 10.9 Å². The van der Waals surface area contributed by atoms with Crippen LogP contribution in [0.3, 0.4) is 0 Å². The van der Waals surface area contributed by atoms with Crippen molar-refractivity contribution in [2.75, 3.05) is 11.1 Å². The topological polar surface area (TPSA) is 107 Å². The molecule has 0 aliphatic heterocycles. The number of aryl methyl sites for hydroxylation is 2. The second-order valence-corrected chi connectivity index (χ2v) is 9.30. The lowest BCUT2D eigenvalue weighted by molar-refractivity contribution is -0.383. The largest absolute Gasteiger partial charge is 0.320 e. The first-order valence-electron chi connectivity index (χ1n) is 9.98. The standard InChI is InChI=1S/C23H20N4O4S2/c1-13-8-9-15(10-14(13)2)16-11-32-21-20(16)22(29)26(3)23(25-21)33-12-19(28)24-17-6-4-5-7-18(17)27(30)31/h4-11H,12H2,1-3H3,(H,24,28). The van der Waals surface area contributed by atoms with Gasteiger partial charge in [0.2, 0.25) is 5.91 Å². The quantitative estimate of drug-likeness (QED) is 0.182. The second-order valence-electron chi connectivity index (χ2n) is 7.50. The van der Waals surface area contributed by atoms with Crippen LogP contribution in [0.1, 0.15) is 11.1 Å². The molecule has 2 aromatic carbocycles. The lowest BCUT2D eigenvalue weighted by atomic mass is 10.0. The van der Waals surface area contributed by atoms with Crippen molar-refractivity contribution < 1.29 is 9.72 Å². The molecule has 4 aromatic rings. The molecule has 10 heteroatoms. The Balaban J connectivity index is 1.58. The molecule has 0 fully saturated rings. The first-order chi connectivity index (χ1) is 15.8. The minimum atomic E-state index is -0.550. The van der Waals surface area contributed by atoms with E-state index < -0.39 is 10.8 Å². The number of aromatic nitrogens is 2. The van der Waals surface area contributed by atoms with Gasteiger partial charge in [-0.2, -0.15) is 0 Å². The van der Waals surface area contributed by atoms with Gasteiger partial charge in [-0.25, -0.2) is 4.98 Å². The van der Waals surface area contributed by atoms with E-state index in [2.05, 4.69) is 16.4 Å². The van der Waals surface area contributed by atoms with Crippen molar-refractivity contribution in [2.45, 2.75) is 19.0 Å². The summed E-state index contributed by atoms with van der Waals surface area (Å²) < 4.78 is 1.43. The van der Waals surface area contributed by atoms with Crippen LogP contribution in [0.25, 0.3) is 21.3 Å². The number of amides is 1. The van der Waals surface area contributed by atoms with Gasteiger partial charge in [0.15, 0.2) is 5.16 Å². The maximum absolute atomic E-state index is 13.2. The summed E-state index contributed by atoms with van der Waals surface area (Å²) in [6, 6.07) is 12.0. The van der Waals surface area contributed by atoms with Gasteiger partial charge in [-0.15, -0.1) is 11.3 Å². The number of para-hydroxylation sites is 2. The molecule has 0 saturated heterocycles. The molecule has 8 nitrogen and oxygen atoms in total. The molecule has 0 unspecified atom stereocenters. The summed E-state index contributed by atoms with van der Waals surface area (Å²) in [5, 5.41) is 16.6. The lowest BCUT2D eigenvalue weighted by Gasteiger charge is -2.09. The zero-order chi connectivity index (χ0) is 23.7. The van der Waals surface area contributed by atoms with Gasteiger partial charge in [-0.3, -0.25) is 24.3 Å². The van der Waals surface area contributed by atoms with Crippen LogP contribution in [0, 0.1) is 24.0 Å². The van der Waals surface area contributed by atoms with Crippen molar-refractivity contribution in [3.8, 4) is 11.1 Å². The number of nitro groups is 1. The Bertz CT molecular complexity index is 1460. The third-order valence-electron chi connectivity index (χ3n) is 5.30. The molecule has 2 aromatic heterocycles. The molecular weight excluding hydrogens is 460 g/mol. The normalized spacial score (nSPS) is 11.0. The number of benzene rings is 2. The summed E-state index contributed by atoms with van der Waals surface area (Å²) in [4.78, 5) is 41.3. The minimum absolute atomic E-state index is 0.0484. The highest BCUT2D eigenvalue weighted by Crippen LogP contribution is 2.33. The average Bonchev–Trinajstić information content (AvgIpc) is 3.21. The van der Waals surface area contributed by atoms with Gasteiger partial charge in [0.25, 0.3) is 11.2 Å². The number of rotatable bonds is 6. The van der Waals surface area contributed by atoms with Crippen LogP contribution in [0.4, 0.5) is 11.4 Å². The Labute approximate surface area is 197 Å². The predicted octanol–water partition coefficient (Wildman–Crippen LogP) is 4.92. The van der Waals surface area contributed by atoms with Crippen LogP contribution in [-0.4, -0.2) is 26.1 Å². The monoisotopic (exact) mass is 480 g/mol. The Morgan fingerprint density at radius 2 is 1.97 bits per heavy atom. The number of fused-ring (bicyclic) bond motifs is 1. The number of nitrogens with one attached hydrogen (secondary N) is 1. The Morgan fingerprint density at radius 1 is 1.21 bits per heavy atom. The van der Waals surface area contributed by atoms with E-state index in [1.165, 1.54) is 39.7 Å². The fourth-order valence-corrected chi connectivity index (χ4v) is 5.12. The fraction of sp³-hybridized carbons (Fsp3) is 0.174. The van der Waals surface area contributed by atoms with Crippen molar-refractivity contribution in [1.29, 1.82) is 0 Å². The molecule has 168 valence electrons. The smallest absolute Gasteiger partial charge is 0.292 e. The number of nitrogens with zero attached hydrogens (tertiary/aromatic N) is 3. The van der Waals surface area contributed by atoms with E-state index in [9.17, 15) is 19.7 Å². The Hall–Kier alpha value is -3.50. The minimum Gasteiger partial charge on any atom is -0.320 e. The van der Waals surface area contributed by atoms with Crippen molar-refractivity contribution in [3.63, 3.8) is 0 Å². The Kier molecular flexibility index (Phi) is 6.30. The molecule has 0 saturated carbocycles. The first-order valence-corrected chi connectivity index (χ1v) is 11.8. The molecule has 33 heavy (non-hydrogen) atoms. The number of thiophene rings is 1. The summed E-state index contributed by atoms with van der Waals surface area (Å²) in [6.07, 6.45) is 0.